The van der Waals surface area contributed by atoms with Crippen molar-refractivity contribution in [2.75, 3.05) is 5.32 Å². The van der Waals surface area contributed by atoms with Gasteiger partial charge in [0, 0.05) is 5.69 Å². The van der Waals surface area contributed by atoms with Gasteiger partial charge in [-0.1, -0.05) is 13.8 Å². The molecule has 1 aromatic heterocycles. The summed E-state index contributed by atoms with van der Waals surface area (Å²) >= 11 is 0. The molecule has 2 aromatic rings. The van der Waals surface area contributed by atoms with Crippen LogP contribution in [-0.4, -0.2) is 16.9 Å². The standard InChI is InChI=1S/C13H17N3O3.ClH/c1-7(2)5-9(14)12(17)15-8-3-4-11-10(6-8)16-13(18)19-11;/h3-4,6-7,9H,5,14H2,1-2H3,(H,15,17)(H,16,18);1H/t9-;/m0./s1. The number of H-pyrrole nitrogens is 1. The molecule has 1 atom stereocenters. The van der Waals surface area contributed by atoms with Gasteiger partial charge in [-0.05, 0) is 30.5 Å². The van der Waals surface area contributed by atoms with Crippen LogP contribution in [0.3, 0.4) is 0 Å². The van der Waals surface area contributed by atoms with Crippen molar-refractivity contribution in [1.29, 1.82) is 0 Å². The summed E-state index contributed by atoms with van der Waals surface area (Å²) in [5.74, 6) is -0.401. The molecular weight excluding hydrogens is 282 g/mol. The van der Waals surface area contributed by atoms with Crippen LogP contribution in [0.5, 0.6) is 0 Å². The van der Waals surface area contributed by atoms with Crippen LogP contribution in [0.1, 0.15) is 20.3 Å². The maximum Gasteiger partial charge on any atom is 0.417 e. The number of anilines is 1. The lowest BCUT2D eigenvalue weighted by molar-refractivity contribution is -0.117. The van der Waals surface area contributed by atoms with Gasteiger partial charge in [0.15, 0.2) is 5.58 Å². The number of halogens is 1. The van der Waals surface area contributed by atoms with Crippen molar-refractivity contribution in [3.8, 4) is 0 Å². The maximum atomic E-state index is 11.9. The number of benzene rings is 1. The SMILES string of the molecule is CC(C)C[C@H](N)C(=O)Nc1ccc2oc(=O)[nH]c2c1.Cl. The van der Waals surface area contributed by atoms with E-state index >= 15 is 0 Å². The number of aromatic amines is 1. The second kappa shape index (κ2) is 6.58. The lowest BCUT2D eigenvalue weighted by Gasteiger charge is -2.14. The molecule has 0 unspecified atom stereocenters. The molecule has 0 aliphatic heterocycles. The highest BCUT2D eigenvalue weighted by Gasteiger charge is 2.15. The van der Waals surface area contributed by atoms with Crippen LogP contribution in [0, 0.1) is 5.92 Å². The zero-order chi connectivity index (χ0) is 14.0. The number of hydrogen-bond donors (Lipinski definition) is 3. The fourth-order valence-corrected chi connectivity index (χ4v) is 1.88. The highest BCUT2D eigenvalue weighted by Crippen LogP contribution is 2.16. The number of fused-ring (bicyclic) bond motifs is 1. The first-order valence-corrected chi connectivity index (χ1v) is 6.15. The number of hydrogen-bond acceptors (Lipinski definition) is 4. The summed E-state index contributed by atoms with van der Waals surface area (Å²) in [6.07, 6.45) is 0.622. The number of nitrogens with two attached hydrogens (primary N) is 1. The molecule has 0 spiro atoms. The Labute approximate surface area is 122 Å². The molecule has 0 saturated carbocycles. The van der Waals surface area contributed by atoms with E-state index in [0.29, 0.717) is 29.1 Å². The molecule has 1 amide bonds. The molecule has 4 N–H and O–H groups in total. The fraction of sp³-hybridized carbons (Fsp3) is 0.385. The maximum absolute atomic E-state index is 11.9. The summed E-state index contributed by atoms with van der Waals surface area (Å²) in [5, 5.41) is 2.72. The van der Waals surface area contributed by atoms with Crippen LogP contribution in [0.2, 0.25) is 0 Å². The van der Waals surface area contributed by atoms with Crippen molar-refractivity contribution < 1.29 is 9.21 Å². The molecule has 0 aliphatic carbocycles. The predicted octanol–water partition coefficient (Wildman–Crippen LogP) is 1.85. The second-order valence-corrected chi connectivity index (χ2v) is 4.95. The summed E-state index contributed by atoms with van der Waals surface area (Å²) in [4.78, 5) is 25.4. The van der Waals surface area contributed by atoms with E-state index in [1.165, 1.54) is 0 Å². The normalized spacial score (nSPS) is 12.2. The number of nitrogens with one attached hydrogen (secondary N) is 2. The zero-order valence-corrected chi connectivity index (χ0v) is 12.1. The Kier molecular flexibility index (Phi) is 5.35. The van der Waals surface area contributed by atoms with Gasteiger partial charge in [0.25, 0.3) is 0 Å². The fourth-order valence-electron chi connectivity index (χ4n) is 1.88. The summed E-state index contributed by atoms with van der Waals surface area (Å²) in [6.45, 7) is 4.02. The van der Waals surface area contributed by atoms with Crippen molar-refractivity contribution in [3.05, 3.63) is 28.7 Å². The Morgan fingerprint density at radius 1 is 1.45 bits per heavy atom. The van der Waals surface area contributed by atoms with Crippen LogP contribution in [0.25, 0.3) is 11.1 Å². The molecular formula is C13H18ClN3O3. The van der Waals surface area contributed by atoms with E-state index in [0.717, 1.165) is 0 Å². The average molecular weight is 300 g/mol. The Bertz CT molecular complexity index is 648. The Balaban J connectivity index is 0.00000200. The third-order valence-electron chi connectivity index (χ3n) is 2.75. The van der Waals surface area contributed by atoms with E-state index in [2.05, 4.69) is 10.3 Å². The summed E-state index contributed by atoms with van der Waals surface area (Å²) in [7, 11) is 0. The third-order valence-corrected chi connectivity index (χ3v) is 2.75. The number of amides is 1. The van der Waals surface area contributed by atoms with Gasteiger partial charge in [-0.15, -0.1) is 12.4 Å². The topological polar surface area (TPSA) is 101 Å². The molecule has 1 aromatic carbocycles. The van der Waals surface area contributed by atoms with Gasteiger partial charge < -0.3 is 15.5 Å². The van der Waals surface area contributed by atoms with E-state index in [9.17, 15) is 9.59 Å². The second-order valence-electron chi connectivity index (χ2n) is 4.95. The Morgan fingerprint density at radius 2 is 2.15 bits per heavy atom. The van der Waals surface area contributed by atoms with Crippen LogP contribution in [0.15, 0.2) is 27.4 Å². The molecule has 110 valence electrons. The van der Waals surface area contributed by atoms with Crippen molar-refractivity contribution in [2.45, 2.75) is 26.3 Å². The zero-order valence-electron chi connectivity index (χ0n) is 11.3. The minimum Gasteiger partial charge on any atom is -0.408 e. The molecule has 0 saturated heterocycles. The minimum absolute atomic E-state index is 0. The number of rotatable bonds is 4. The van der Waals surface area contributed by atoms with Gasteiger partial charge in [-0.25, -0.2) is 4.79 Å². The van der Waals surface area contributed by atoms with Gasteiger partial charge in [0.2, 0.25) is 5.91 Å². The van der Waals surface area contributed by atoms with Crippen molar-refractivity contribution >= 4 is 35.1 Å². The predicted molar refractivity (Wildman–Crippen MR) is 80.1 cm³/mol. The number of aromatic nitrogens is 1. The lowest BCUT2D eigenvalue weighted by Crippen LogP contribution is -2.36. The third kappa shape index (κ3) is 3.85. The highest BCUT2D eigenvalue weighted by atomic mass is 35.5. The van der Waals surface area contributed by atoms with Gasteiger partial charge in [0.05, 0.1) is 11.6 Å². The van der Waals surface area contributed by atoms with Crippen LogP contribution in [-0.2, 0) is 4.79 Å². The first-order chi connectivity index (χ1) is 8.95. The highest BCUT2D eigenvalue weighted by molar-refractivity contribution is 5.96. The smallest absolute Gasteiger partial charge is 0.408 e. The van der Waals surface area contributed by atoms with Gasteiger partial charge in [0.1, 0.15) is 0 Å². The Morgan fingerprint density at radius 3 is 2.80 bits per heavy atom. The van der Waals surface area contributed by atoms with E-state index in [1.54, 1.807) is 18.2 Å². The largest absolute Gasteiger partial charge is 0.417 e. The Hall–Kier alpha value is -1.79. The molecule has 6 nitrogen and oxygen atoms in total. The lowest BCUT2D eigenvalue weighted by atomic mass is 10.0. The van der Waals surface area contributed by atoms with Crippen LogP contribution >= 0.6 is 12.4 Å². The number of carbonyl (C=O) groups is 1. The molecule has 2 rings (SSSR count). The molecule has 0 aliphatic rings. The molecule has 20 heavy (non-hydrogen) atoms. The van der Waals surface area contributed by atoms with Gasteiger partial charge in [-0.2, -0.15) is 0 Å². The van der Waals surface area contributed by atoms with Crippen LogP contribution in [0.4, 0.5) is 5.69 Å². The summed E-state index contributed by atoms with van der Waals surface area (Å²) < 4.78 is 4.88. The van der Waals surface area contributed by atoms with E-state index < -0.39 is 11.8 Å². The van der Waals surface area contributed by atoms with Crippen molar-refractivity contribution in [3.63, 3.8) is 0 Å². The summed E-state index contributed by atoms with van der Waals surface area (Å²) in [5.41, 5.74) is 7.37. The quantitative estimate of drug-likeness (QED) is 0.802. The van der Waals surface area contributed by atoms with E-state index in [4.69, 9.17) is 10.2 Å². The molecule has 1 heterocycles. The molecule has 0 radical (unpaired) electrons. The average Bonchev–Trinajstić information content (AvgIpc) is 2.67. The molecule has 0 fully saturated rings. The van der Waals surface area contributed by atoms with E-state index in [1.807, 2.05) is 13.8 Å². The molecule has 7 heteroatoms. The van der Waals surface area contributed by atoms with Gasteiger partial charge in [-0.3, -0.25) is 9.78 Å². The minimum atomic E-state index is -0.543. The van der Waals surface area contributed by atoms with Gasteiger partial charge >= 0.3 is 5.76 Å². The van der Waals surface area contributed by atoms with E-state index in [-0.39, 0.29) is 18.3 Å². The first kappa shape index (κ1) is 16.3. The van der Waals surface area contributed by atoms with Crippen molar-refractivity contribution in [1.82, 2.24) is 4.98 Å². The number of oxazole rings is 1. The monoisotopic (exact) mass is 299 g/mol. The molecule has 0 bridgehead atoms. The number of carbonyl (C=O) groups excluding carboxylic acids is 1. The summed E-state index contributed by atoms with van der Waals surface area (Å²) in [6, 6.07) is 4.38. The van der Waals surface area contributed by atoms with Crippen LogP contribution < -0.4 is 16.8 Å². The first-order valence-electron chi connectivity index (χ1n) is 6.15. The van der Waals surface area contributed by atoms with Crippen molar-refractivity contribution in [2.24, 2.45) is 11.7 Å².